The molecular formula is C26H20BrF4N3O5S. The summed E-state index contributed by atoms with van der Waals surface area (Å²) in [6.45, 7) is 0. The number of rotatable bonds is 9. The molecule has 1 fully saturated rings. The molecule has 1 saturated carbocycles. The molecule has 1 aliphatic rings. The lowest BCUT2D eigenvalue weighted by molar-refractivity contribution is -0.274. The van der Waals surface area contributed by atoms with Crippen LogP contribution in [0.15, 0.2) is 59.2 Å². The van der Waals surface area contributed by atoms with Crippen molar-refractivity contribution in [3.63, 3.8) is 0 Å². The number of benzene rings is 2. The monoisotopic (exact) mass is 641 g/mol. The summed E-state index contributed by atoms with van der Waals surface area (Å²) in [7, 11) is -3.99. The zero-order valence-corrected chi connectivity index (χ0v) is 22.8. The number of hydrogen-bond acceptors (Lipinski definition) is 5. The first-order chi connectivity index (χ1) is 18.8. The van der Waals surface area contributed by atoms with Gasteiger partial charge in [-0.15, -0.1) is 13.2 Å². The number of halogens is 5. The quantitative estimate of drug-likeness (QED) is 0.206. The third kappa shape index (κ3) is 6.22. The highest BCUT2D eigenvalue weighted by atomic mass is 79.9. The number of fused-ring (bicyclic) bond motifs is 1. The van der Waals surface area contributed by atoms with Crippen LogP contribution in [0.25, 0.3) is 16.8 Å². The maximum atomic E-state index is 13.4. The molecule has 2 N–H and O–H groups in total. The van der Waals surface area contributed by atoms with E-state index in [1.807, 2.05) is 0 Å². The molecule has 0 saturated heterocycles. The molecule has 0 amide bonds. The van der Waals surface area contributed by atoms with Crippen LogP contribution in [0.1, 0.15) is 40.2 Å². The Kier molecular flexibility index (Phi) is 7.25. The minimum absolute atomic E-state index is 0.0158. The lowest BCUT2D eigenvalue weighted by Crippen LogP contribution is -2.20. The largest absolute Gasteiger partial charge is 0.573 e. The SMILES string of the molecule is O=C(O)c1c(-c2ccc(F)cc2)nn2cc(NS(=O)(=O)CCc3ccc(Br)c(OC(F)(F)F)c3)c(C3CC3)cc12. The number of nitrogens with zero attached hydrogens (tertiary/aromatic N) is 2. The Hall–Kier alpha value is -3.65. The van der Waals surface area contributed by atoms with Crippen molar-refractivity contribution < 1.29 is 40.6 Å². The summed E-state index contributed by atoms with van der Waals surface area (Å²) in [5, 5.41) is 14.3. The van der Waals surface area contributed by atoms with Gasteiger partial charge in [-0.1, -0.05) is 6.07 Å². The molecule has 210 valence electrons. The summed E-state index contributed by atoms with van der Waals surface area (Å²) in [6.07, 6.45) is -2.04. The molecule has 0 radical (unpaired) electrons. The second-order valence-electron chi connectivity index (χ2n) is 9.27. The molecule has 0 aliphatic heterocycles. The number of aromatic nitrogens is 2. The van der Waals surface area contributed by atoms with Gasteiger partial charge in [-0.05, 0) is 94.7 Å². The van der Waals surface area contributed by atoms with E-state index in [0.717, 1.165) is 18.9 Å². The molecule has 4 aromatic rings. The van der Waals surface area contributed by atoms with Crippen molar-refractivity contribution in [2.24, 2.45) is 0 Å². The van der Waals surface area contributed by atoms with Gasteiger partial charge in [0, 0.05) is 5.56 Å². The van der Waals surface area contributed by atoms with E-state index < -0.39 is 39.7 Å². The average molecular weight is 642 g/mol. The first-order valence-electron chi connectivity index (χ1n) is 11.9. The predicted octanol–water partition coefficient (Wildman–Crippen LogP) is 6.36. The van der Waals surface area contributed by atoms with Gasteiger partial charge >= 0.3 is 12.3 Å². The Morgan fingerprint density at radius 1 is 1.15 bits per heavy atom. The normalized spacial score (nSPS) is 13.9. The number of aryl methyl sites for hydroxylation is 1. The number of alkyl halides is 3. The number of aromatic carboxylic acids is 1. The van der Waals surface area contributed by atoms with Gasteiger partial charge in [0.25, 0.3) is 0 Å². The van der Waals surface area contributed by atoms with Crippen molar-refractivity contribution in [3.8, 4) is 17.0 Å². The highest BCUT2D eigenvalue weighted by molar-refractivity contribution is 9.10. The van der Waals surface area contributed by atoms with E-state index in [1.165, 1.54) is 47.1 Å². The first-order valence-corrected chi connectivity index (χ1v) is 14.3. The Morgan fingerprint density at radius 2 is 1.85 bits per heavy atom. The van der Waals surface area contributed by atoms with E-state index in [1.54, 1.807) is 6.07 Å². The molecule has 0 atom stereocenters. The third-order valence-electron chi connectivity index (χ3n) is 6.30. The Morgan fingerprint density at radius 3 is 2.48 bits per heavy atom. The standard InChI is InChI=1S/C26H20BrF4N3O5S/c27-19-8-1-14(11-22(19)39-26(29,30)31)9-10-40(37,38)33-20-13-34-21(12-18(20)15-2-3-15)23(25(35)36)24(32-34)16-4-6-17(28)7-5-16/h1,4-8,11-13,15,33H,2-3,9-10H2,(H,35,36). The van der Waals surface area contributed by atoms with Gasteiger partial charge in [0.1, 0.15) is 22.8 Å². The number of anilines is 1. The van der Waals surface area contributed by atoms with Crippen LogP contribution in [0.5, 0.6) is 5.75 Å². The number of carbonyl (C=O) groups is 1. The van der Waals surface area contributed by atoms with Crippen LogP contribution in [0.2, 0.25) is 0 Å². The van der Waals surface area contributed by atoms with Gasteiger partial charge in [-0.3, -0.25) is 4.72 Å². The van der Waals surface area contributed by atoms with E-state index >= 15 is 0 Å². The number of ether oxygens (including phenoxy) is 1. The average Bonchev–Trinajstić information content (AvgIpc) is 3.63. The first kappa shape index (κ1) is 27.9. The Labute approximate surface area is 233 Å². The number of carboxylic acids is 1. The molecule has 8 nitrogen and oxygen atoms in total. The van der Waals surface area contributed by atoms with Crippen molar-refractivity contribution in [1.82, 2.24) is 9.61 Å². The number of carboxylic acid groups (broad SMARTS) is 1. The van der Waals surface area contributed by atoms with Gasteiger partial charge < -0.3 is 9.84 Å². The third-order valence-corrected chi connectivity index (χ3v) is 8.22. The molecule has 2 aromatic carbocycles. The van der Waals surface area contributed by atoms with E-state index in [2.05, 4.69) is 30.5 Å². The van der Waals surface area contributed by atoms with E-state index in [4.69, 9.17) is 0 Å². The zero-order chi connectivity index (χ0) is 28.8. The number of pyridine rings is 1. The summed E-state index contributed by atoms with van der Waals surface area (Å²) in [5.74, 6) is -2.65. The van der Waals surface area contributed by atoms with E-state index in [0.29, 0.717) is 16.7 Å². The van der Waals surface area contributed by atoms with Crippen LogP contribution >= 0.6 is 15.9 Å². The molecule has 0 unspecified atom stereocenters. The fourth-order valence-corrected chi connectivity index (χ4v) is 5.76. The van der Waals surface area contributed by atoms with Gasteiger partial charge in [-0.2, -0.15) is 5.10 Å². The summed E-state index contributed by atoms with van der Waals surface area (Å²) in [4.78, 5) is 12.2. The van der Waals surface area contributed by atoms with Crippen LogP contribution in [-0.2, 0) is 16.4 Å². The molecule has 40 heavy (non-hydrogen) atoms. The molecule has 2 heterocycles. The minimum atomic E-state index is -4.91. The van der Waals surface area contributed by atoms with Crippen LogP contribution in [0.3, 0.4) is 0 Å². The molecule has 1 aliphatic carbocycles. The van der Waals surface area contributed by atoms with Crippen molar-refractivity contribution in [1.29, 1.82) is 0 Å². The maximum absolute atomic E-state index is 13.4. The van der Waals surface area contributed by atoms with Gasteiger partial charge in [0.05, 0.1) is 27.6 Å². The fourth-order valence-electron chi connectivity index (χ4n) is 4.32. The molecule has 5 rings (SSSR count). The van der Waals surface area contributed by atoms with Crippen molar-refractivity contribution in [2.45, 2.75) is 31.5 Å². The van der Waals surface area contributed by atoms with Gasteiger partial charge in [0.15, 0.2) is 0 Å². The zero-order valence-electron chi connectivity index (χ0n) is 20.4. The maximum Gasteiger partial charge on any atom is 0.573 e. The lowest BCUT2D eigenvalue weighted by Gasteiger charge is -2.14. The van der Waals surface area contributed by atoms with Crippen LogP contribution < -0.4 is 9.46 Å². The van der Waals surface area contributed by atoms with E-state index in [9.17, 15) is 35.9 Å². The second-order valence-corrected chi connectivity index (χ2v) is 12.0. The molecule has 0 spiro atoms. The summed E-state index contributed by atoms with van der Waals surface area (Å²) >= 11 is 2.98. The molecular weight excluding hydrogens is 622 g/mol. The summed E-state index contributed by atoms with van der Waals surface area (Å²) < 4.78 is 85.3. The van der Waals surface area contributed by atoms with Crippen molar-refractivity contribution in [3.05, 3.63) is 81.7 Å². The van der Waals surface area contributed by atoms with Crippen LogP contribution in [0, 0.1) is 5.82 Å². The van der Waals surface area contributed by atoms with Crippen molar-refractivity contribution in [2.75, 3.05) is 10.5 Å². The lowest BCUT2D eigenvalue weighted by atomic mass is 10.0. The topological polar surface area (TPSA) is 110 Å². The molecule has 2 aromatic heterocycles. The highest BCUT2D eigenvalue weighted by Crippen LogP contribution is 2.45. The smallest absolute Gasteiger partial charge is 0.478 e. The summed E-state index contributed by atoms with van der Waals surface area (Å²) in [6, 6.07) is 10.7. The predicted molar refractivity (Wildman–Crippen MR) is 141 cm³/mol. The minimum Gasteiger partial charge on any atom is -0.478 e. The Bertz CT molecular complexity index is 1720. The molecule has 14 heteroatoms. The van der Waals surface area contributed by atoms with Gasteiger partial charge in [0.2, 0.25) is 10.0 Å². The number of nitrogens with one attached hydrogen (secondary N) is 1. The van der Waals surface area contributed by atoms with Crippen LogP contribution in [-0.4, -0.2) is 41.2 Å². The Balaban J connectivity index is 1.45. The molecule has 0 bridgehead atoms. The highest BCUT2D eigenvalue weighted by Gasteiger charge is 2.32. The number of sulfonamides is 1. The number of hydrogen-bond donors (Lipinski definition) is 2. The fraction of sp³-hybridized carbons (Fsp3) is 0.231. The van der Waals surface area contributed by atoms with E-state index in [-0.39, 0.29) is 39.3 Å². The summed E-state index contributed by atoms with van der Waals surface area (Å²) in [5.41, 5.74) is 1.76. The second kappa shape index (κ2) is 10.4. The van der Waals surface area contributed by atoms with Gasteiger partial charge in [-0.25, -0.2) is 22.1 Å². The van der Waals surface area contributed by atoms with Crippen LogP contribution in [0.4, 0.5) is 23.2 Å². The van der Waals surface area contributed by atoms with Crippen molar-refractivity contribution >= 4 is 43.1 Å².